The summed E-state index contributed by atoms with van der Waals surface area (Å²) in [5.41, 5.74) is 1.70. The van der Waals surface area contributed by atoms with Crippen molar-refractivity contribution < 1.29 is 9.72 Å². The van der Waals surface area contributed by atoms with Crippen molar-refractivity contribution in [1.29, 1.82) is 0 Å². The van der Waals surface area contributed by atoms with Crippen molar-refractivity contribution in [3.63, 3.8) is 0 Å². The average molecular weight is 220 g/mol. The summed E-state index contributed by atoms with van der Waals surface area (Å²) in [6.07, 6.45) is 0.757. The van der Waals surface area contributed by atoms with Crippen LogP contribution in [-0.2, 0) is 11.2 Å². The van der Waals surface area contributed by atoms with Crippen LogP contribution in [-0.4, -0.2) is 16.9 Å². The Morgan fingerprint density at radius 1 is 1.56 bits per heavy atom. The molecule has 0 aromatic heterocycles. The molecule has 0 bridgehead atoms. The summed E-state index contributed by atoms with van der Waals surface area (Å²) in [5, 5.41) is 10.7. The zero-order valence-corrected chi connectivity index (χ0v) is 9.14. The summed E-state index contributed by atoms with van der Waals surface area (Å²) in [7, 11) is 0. The number of rotatable bonds is 1. The maximum Gasteiger partial charge on any atom is 0.271 e. The number of amides is 1. The first-order valence-corrected chi connectivity index (χ1v) is 5.08. The second-order valence-electron chi connectivity index (χ2n) is 4.01. The number of hydrogen-bond acceptors (Lipinski definition) is 3. The zero-order valence-electron chi connectivity index (χ0n) is 9.14. The Labute approximate surface area is 92.8 Å². The minimum Gasteiger partial charge on any atom is -0.309 e. The minimum atomic E-state index is -0.443. The molecule has 1 amide bonds. The maximum atomic E-state index is 11.5. The number of carbonyl (C=O) groups excluding carboxylic acids is 1. The molecule has 1 atom stereocenters. The Hall–Kier alpha value is -1.91. The summed E-state index contributed by atoms with van der Waals surface area (Å²) in [5.74, 6) is -0.0771. The van der Waals surface area contributed by atoms with Gasteiger partial charge in [-0.05, 0) is 18.9 Å². The van der Waals surface area contributed by atoms with Gasteiger partial charge in [0, 0.05) is 25.1 Å². The number of non-ortho nitro benzene ring substituents is 1. The predicted octanol–water partition coefficient (Wildman–Crippen LogP) is 1.89. The topological polar surface area (TPSA) is 63.5 Å². The van der Waals surface area contributed by atoms with Crippen LogP contribution in [0.3, 0.4) is 0 Å². The minimum absolute atomic E-state index is 0.0269. The van der Waals surface area contributed by atoms with Crippen LogP contribution in [0, 0.1) is 10.1 Å². The first-order valence-electron chi connectivity index (χ1n) is 5.08. The highest BCUT2D eigenvalue weighted by Gasteiger charge is 2.30. The summed E-state index contributed by atoms with van der Waals surface area (Å²) in [6, 6.07) is 4.76. The number of carbonyl (C=O) groups is 1. The molecule has 0 spiro atoms. The van der Waals surface area contributed by atoms with E-state index in [1.54, 1.807) is 11.0 Å². The first kappa shape index (κ1) is 10.6. The monoisotopic (exact) mass is 220 g/mol. The third-order valence-corrected chi connectivity index (χ3v) is 2.83. The van der Waals surface area contributed by atoms with Gasteiger partial charge in [0.2, 0.25) is 5.91 Å². The Bertz CT molecular complexity index is 470. The molecule has 1 aromatic carbocycles. The van der Waals surface area contributed by atoms with Crippen molar-refractivity contribution >= 4 is 17.3 Å². The van der Waals surface area contributed by atoms with Gasteiger partial charge in [0.1, 0.15) is 0 Å². The predicted molar refractivity (Wildman–Crippen MR) is 59.4 cm³/mol. The van der Waals surface area contributed by atoms with E-state index in [0.29, 0.717) is 5.69 Å². The third-order valence-electron chi connectivity index (χ3n) is 2.83. The van der Waals surface area contributed by atoms with E-state index in [0.717, 1.165) is 12.0 Å². The van der Waals surface area contributed by atoms with E-state index in [-0.39, 0.29) is 17.6 Å². The highest BCUT2D eigenvalue weighted by Crippen LogP contribution is 2.34. The second kappa shape index (κ2) is 3.59. The molecule has 5 nitrogen and oxygen atoms in total. The second-order valence-corrected chi connectivity index (χ2v) is 4.01. The molecule has 0 saturated carbocycles. The van der Waals surface area contributed by atoms with E-state index in [1.165, 1.54) is 19.1 Å². The summed E-state index contributed by atoms with van der Waals surface area (Å²) < 4.78 is 0. The highest BCUT2D eigenvalue weighted by atomic mass is 16.6. The molecule has 0 saturated heterocycles. The van der Waals surface area contributed by atoms with Crippen LogP contribution in [0.1, 0.15) is 19.4 Å². The molecule has 0 fully saturated rings. The van der Waals surface area contributed by atoms with Crippen molar-refractivity contribution in [2.45, 2.75) is 26.3 Å². The van der Waals surface area contributed by atoms with Gasteiger partial charge in [-0.1, -0.05) is 6.07 Å². The molecule has 1 aliphatic heterocycles. The van der Waals surface area contributed by atoms with E-state index in [4.69, 9.17) is 0 Å². The van der Waals surface area contributed by atoms with Gasteiger partial charge in [-0.25, -0.2) is 0 Å². The smallest absolute Gasteiger partial charge is 0.271 e. The lowest BCUT2D eigenvalue weighted by Gasteiger charge is -2.20. The molecule has 2 rings (SSSR count). The number of anilines is 1. The molecular formula is C11H12N2O3. The lowest BCUT2D eigenvalue weighted by molar-refractivity contribution is -0.384. The standard InChI is InChI=1S/C11H12N2O3/c1-7-5-9-3-4-10(13(15)16)6-11(9)12(7)8(2)14/h3-4,6-7H,5H2,1-2H3. The van der Waals surface area contributed by atoms with Crippen LogP contribution in [0.25, 0.3) is 0 Å². The largest absolute Gasteiger partial charge is 0.309 e. The first-order chi connectivity index (χ1) is 7.50. The molecule has 0 aliphatic carbocycles. The van der Waals surface area contributed by atoms with Crippen molar-refractivity contribution in [1.82, 2.24) is 0 Å². The van der Waals surface area contributed by atoms with Gasteiger partial charge in [0.25, 0.3) is 5.69 Å². The molecule has 5 heteroatoms. The number of nitro groups is 1. The van der Waals surface area contributed by atoms with Gasteiger partial charge in [0.15, 0.2) is 0 Å². The van der Waals surface area contributed by atoms with E-state index in [2.05, 4.69) is 0 Å². The molecule has 1 aliphatic rings. The third kappa shape index (κ3) is 1.54. The van der Waals surface area contributed by atoms with Gasteiger partial charge in [0.05, 0.1) is 10.6 Å². The number of nitrogens with zero attached hydrogens (tertiary/aromatic N) is 2. The van der Waals surface area contributed by atoms with Crippen LogP contribution >= 0.6 is 0 Å². The molecule has 0 radical (unpaired) electrons. The van der Waals surface area contributed by atoms with Crippen LogP contribution < -0.4 is 4.90 Å². The van der Waals surface area contributed by atoms with Crippen molar-refractivity contribution in [3.05, 3.63) is 33.9 Å². The van der Waals surface area contributed by atoms with Gasteiger partial charge in [-0.2, -0.15) is 0 Å². The number of fused-ring (bicyclic) bond motifs is 1. The Kier molecular flexibility index (Phi) is 2.38. The molecule has 16 heavy (non-hydrogen) atoms. The normalized spacial score (nSPS) is 18.4. The van der Waals surface area contributed by atoms with Crippen molar-refractivity contribution in [2.75, 3.05) is 4.90 Å². The molecule has 0 N–H and O–H groups in total. The fraction of sp³-hybridized carbons (Fsp3) is 0.364. The van der Waals surface area contributed by atoms with E-state index < -0.39 is 4.92 Å². The zero-order chi connectivity index (χ0) is 11.9. The Balaban J connectivity index is 2.50. The molecule has 1 heterocycles. The van der Waals surface area contributed by atoms with Crippen LogP contribution in [0.15, 0.2) is 18.2 Å². The SMILES string of the molecule is CC(=O)N1c2cc([N+](=O)[O-])ccc2CC1C. The summed E-state index contributed by atoms with van der Waals surface area (Å²) >= 11 is 0. The van der Waals surface area contributed by atoms with Gasteiger partial charge < -0.3 is 4.90 Å². The van der Waals surface area contributed by atoms with Crippen molar-refractivity contribution in [3.8, 4) is 0 Å². The summed E-state index contributed by atoms with van der Waals surface area (Å²) in [4.78, 5) is 23.3. The lowest BCUT2D eigenvalue weighted by atomic mass is 10.1. The number of nitro benzene ring substituents is 1. The van der Waals surface area contributed by atoms with Crippen LogP contribution in [0.4, 0.5) is 11.4 Å². The molecule has 1 aromatic rings. The maximum absolute atomic E-state index is 11.5. The van der Waals surface area contributed by atoms with Gasteiger partial charge in [-0.3, -0.25) is 14.9 Å². The van der Waals surface area contributed by atoms with E-state index >= 15 is 0 Å². The highest BCUT2D eigenvalue weighted by molar-refractivity contribution is 5.94. The van der Waals surface area contributed by atoms with Gasteiger partial charge >= 0.3 is 0 Å². The molecule has 84 valence electrons. The van der Waals surface area contributed by atoms with Gasteiger partial charge in [-0.15, -0.1) is 0 Å². The van der Waals surface area contributed by atoms with Crippen molar-refractivity contribution in [2.24, 2.45) is 0 Å². The van der Waals surface area contributed by atoms with E-state index in [9.17, 15) is 14.9 Å². The average Bonchev–Trinajstić information content (AvgIpc) is 2.51. The fourth-order valence-corrected chi connectivity index (χ4v) is 2.19. The Morgan fingerprint density at radius 2 is 2.25 bits per heavy atom. The number of benzene rings is 1. The quantitative estimate of drug-likeness (QED) is 0.536. The fourth-order valence-electron chi connectivity index (χ4n) is 2.19. The molecular weight excluding hydrogens is 208 g/mol. The Morgan fingerprint density at radius 3 is 2.81 bits per heavy atom. The number of hydrogen-bond donors (Lipinski definition) is 0. The van der Waals surface area contributed by atoms with Crippen LogP contribution in [0.5, 0.6) is 0 Å². The summed E-state index contributed by atoms with van der Waals surface area (Å²) in [6.45, 7) is 3.41. The molecule has 1 unspecified atom stereocenters. The van der Waals surface area contributed by atoms with Crippen LogP contribution in [0.2, 0.25) is 0 Å². The lowest BCUT2D eigenvalue weighted by Crippen LogP contribution is -2.33. The van der Waals surface area contributed by atoms with E-state index in [1.807, 2.05) is 6.92 Å².